The van der Waals surface area contributed by atoms with E-state index in [1.165, 1.54) is 19.3 Å². The second-order valence-electron chi connectivity index (χ2n) is 7.42. The smallest absolute Gasteiger partial charge is 0.260 e. The molecule has 0 saturated carbocycles. The van der Waals surface area contributed by atoms with Crippen LogP contribution in [0, 0.1) is 0 Å². The largest absolute Gasteiger partial charge is 0.361 e. The number of rotatable bonds is 3. The highest BCUT2D eigenvalue weighted by Gasteiger charge is 2.33. The number of benzene rings is 2. The maximum Gasteiger partial charge on any atom is 0.260 e. The lowest BCUT2D eigenvalue weighted by atomic mass is 10.0. The molecule has 4 nitrogen and oxygen atoms in total. The van der Waals surface area contributed by atoms with Crippen molar-refractivity contribution >= 4 is 34.1 Å². The summed E-state index contributed by atoms with van der Waals surface area (Å²) < 4.78 is 0. The molecule has 1 fully saturated rings. The maximum absolute atomic E-state index is 13.3. The Hall–Kier alpha value is -2.85. The minimum Gasteiger partial charge on any atom is -0.361 e. The number of amides is 1. The summed E-state index contributed by atoms with van der Waals surface area (Å²) in [7, 11) is 0. The number of hydrogen-bond acceptors (Lipinski definition) is 2. The van der Waals surface area contributed by atoms with Gasteiger partial charge in [-0.15, -0.1) is 0 Å². The first-order valence-corrected chi connectivity index (χ1v) is 9.73. The van der Waals surface area contributed by atoms with Gasteiger partial charge in [-0.25, -0.2) is 0 Å². The number of fused-ring (bicyclic) bond motifs is 2. The standard InChI is InChI=1S/C23H23N3O/c27-23-20(14-17-15-24-21-10-4-2-8-18(17)21)19-9-3-5-11-22(19)26(23)16-25-12-6-1-7-13-25/h2-5,8-11,14-15,24H,1,6-7,12-13,16H2/b20-14-. The van der Waals surface area contributed by atoms with Gasteiger partial charge in [-0.05, 0) is 44.1 Å². The highest BCUT2D eigenvalue weighted by atomic mass is 16.2. The molecule has 2 aromatic carbocycles. The van der Waals surface area contributed by atoms with E-state index in [1.807, 2.05) is 41.4 Å². The summed E-state index contributed by atoms with van der Waals surface area (Å²) in [6.07, 6.45) is 7.77. The zero-order valence-electron chi connectivity index (χ0n) is 15.3. The van der Waals surface area contributed by atoms with Crippen molar-refractivity contribution in [1.82, 2.24) is 9.88 Å². The van der Waals surface area contributed by atoms with Crippen LogP contribution in [0.2, 0.25) is 0 Å². The summed E-state index contributed by atoms with van der Waals surface area (Å²) in [5.41, 5.74) is 4.99. The number of carbonyl (C=O) groups excluding carboxylic acids is 1. The Morgan fingerprint density at radius 2 is 1.74 bits per heavy atom. The molecular formula is C23H23N3O. The molecule has 0 atom stereocenters. The number of aromatic nitrogens is 1. The first-order valence-electron chi connectivity index (χ1n) is 9.73. The lowest BCUT2D eigenvalue weighted by Gasteiger charge is -2.30. The zero-order chi connectivity index (χ0) is 18.2. The Labute approximate surface area is 159 Å². The monoisotopic (exact) mass is 357 g/mol. The van der Waals surface area contributed by atoms with Gasteiger partial charge in [-0.1, -0.05) is 42.8 Å². The van der Waals surface area contributed by atoms with Gasteiger partial charge in [0.1, 0.15) is 0 Å². The van der Waals surface area contributed by atoms with Crippen molar-refractivity contribution in [3.63, 3.8) is 0 Å². The molecule has 4 heteroatoms. The normalized spacial score (nSPS) is 19.2. The van der Waals surface area contributed by atoms with Crippen LogP contribution >= 0.6 is 0 Å². The third-order valence-electron chi connectivity index (χ3n) is 5.67. The third-order valence-corrected chi connectivity index (χ3v) is 5.67. The fourth-order valence-corrected chi connectivity index (χ4v) is 4.26. The van der Waals surface area contributed by atoms with Crippen LogP contribution in [0.1, 0.15) is 30.4 Å². The van der Waals surface area contributed by atoms with E-state index >= 15 is 0 Å². The Morgan fingerprint density at radius 3 is 2.63 bits per heavy atom. The van der Waals surface area contributed by atoms with Gasteiger partial charge in [0.05, 0.1) is 12.4 Å². The fraction of sp³-hybridized carbons (Fsp3) is 0.261. The molecule has 0 aliphatic carbocycles. The molecule has 3 heterocycles. The van der Waals surface area contributed by atoms with Crippen LogP contribution < -0.4 is 4.90 Å². The maximum atomic E-state index is 13.3. The van der Waals surface area contributed by atoms with Gasteiger partial charge >= 0.3 is 0 Å². The zero-order valence-corrected chi connectivity index (χ0v) is 15.3. The fourth-order valence-electron chi connectivity index (χ4n) is 4.26. The van der Waals surface area contributed by atoms with E-state index in [0.29, 0.717) is 6.67 Å². The highest BCUT2D eigenvalue weighted by molar-refractivity contribution is 6.36. The number of para-hydroxylation sites is 2. The molecule has 0 spiro atoms. The van der Waals surface area contributed by atoms with Gasteiger partial charge in [0.15, 0.2) is 0 Å². The predicted octanol–water partition coefficient (Wildman–Crippen LogP) is 4.50. The van der Waals surface area contributed by atoms with E-state index in [9.17, 15) is 4.79 Å². The van der Waals surface area contributed by atoms with E-state index in [4.69, 9.17) is 0 Å². The van der Waals surface area contributed by atoms with E-state index in [1.54, 1.807) is 0 Å². The first-order chi connectivity index (χ1) is 13.3. The second kappa shape index (κ2) is 6.71. The van der Waals surface area contributed by atoms with Crippen LogP contribution in [0.5, 0.6) is 0 Å². The summed E-state index contributed by atoms with van der Waals surface area (Å²) >= 11 is 0. The SMILES string of the molecule is O=C1/C(=C\c2c[nH]c3ccccc23)c2ccccc2N1CN1CCCCC1. The molecule has 0 radical (unpaired) electrons. The number of aromatic amines is 1. The molecule has 27 heavy (non-hydrogen) atoms. The Balaban J connectivity index is 1.54. The topological polar surface area (TPSA) is 39.3 Å². The first kappa shape index (κ1) is 16.3. The van der Waals surface area contributed by atoms with Gasteiger partial charge in [-0.2, -0.15) is 0 Å². The molecule has 1 aromatic heterocycles. The number of hydrogen-bond donors (Lipinski definition) is 1. The Morgan fingerprint density at radius 1 is 0.963 bits per heavy atom. The summed E-state index contributed by atoms with van der Waals surface area (Å²) in [6, 6.07) is 16.4. The molecule has 5 rings (SSSR count). The molecule has 0 bridgehead atoms. The molecule has 136 valence electrons. The minimum atomic E-state index is 0.104. The molecule has 3 aromatic rings. The number of piperidine rings is 1. The average Bonchev–Trinajstić information content (AvgIpc) is 3.24. The highest BCUT2D eigenvalue weighted by Crippen LogP contribution is 2.38. The van der Waals surface area contributed by atoms with Gasteiger partial charge < -0.3 is 4.98 Å². The minimum absolute atomic E-state index is 0.104. The van der Waals surface area contributed by atoms with Crippen LogP contribution in [0.3, 0.4) is 0 Å². The number of anilines is 1. The molecule has 2 aliphatic heterocycles. The summed E-state index contributed by atoms with van der Waals surface area (Å²) in [5, 5.41) is 1.14. The van der Waals surface area contributed by atoms with Crippen LogP contribution in [0.25, 0.3) is 22.6 Å². The van der Waals surface area contributed by atoms with Gasteiger partial charge in [0.25, 0.3) is 5.91 Å². The van der Waals surface area contributed by atoms with Crippen molar-refractivity contribution in [3.8, 4) is 0 Å². The van der Waals surface area contributed by atoms with Crippen LogP contribution in [-0.2, 0) is 4.79 Å². The van der Waals surface area contributed by atoms with Gasteiger partial charge in [0.2, 0.25) is 0 Å². The molecule has 1 amide bonds. The van der Waals surface area contributed by atoms with Crippen LogP contribution in [0.15, 0.2) is 54.7 Å². The molecule has 0 unspecified atom stereocenters. The lowest BCUT2D eigenvalue weighted by Crippen LogP contribution is -2.42. The van der Waals surface area contributed by atoms with Gasteiger partial charge in [-0.3, -0.25) is 14.6 Å². The molecular weight excluding hydrogens is 334 g/mol. The quantitative estimate of drug-likeness (QED) is 0.701. The molecule has 2 aliphatic rings. The summed E-state index contributed by atoms with van der Waals surface area (Å²) in [4.78, 5) is 21.0. The van der Waals surface area contributed by atoms with Crippen molar-refractivity contribution < 1.29 is 4.79 Å². The van der Waals surface area contributed by atoms with Crippen LogP contribution in [0.4, 0.5) is 5.69 Å². The van der Waals surface area contributed by atoms with Crippen molar-refractivity contribution in [1.29, 1.82) is 0 Å². The molecule has 1 N–H and O–H groups in total. The number of carbonyl (C=O) groups is 1. The number of H-pyrrole nitrogens is 1. The third kappa shape index (κ3) is 2.86. The van der Waals surface area contributed by atoms with Crippen molar-refractivity contribution in [2.45, 2.75) is 19.3 Å². The Kier molecular flexibility index (Phi) is 4.06. The van der Waals surface area contributed by atoms with Crippen LogP contribution in [-0.4, -0.2) is 35.5 Å². The van der Waals surface area contributed by atoms with E-state index in [2.05, 4.69) is 34.1 Å². The molecule has 1 saturated heterocycles. The van der Waals surface area contributed by atoms with Gasteiger partial charge in [0, 0.05) is 33.8 Å². The number of nitrogens with zero attached hydrogens (tertiary/aromatic N) is 2. The Bertz CT molecular complexity index is 1030. The predicted molar refractivity (Wildman–Crippen MR) is 110 cm³/mol. The summed E-state index contributed by atoms with van der Waals surface area (Å²) in [5.74, 6) is 0.104. The van der Waals surface area contributed by atoms with Crippen molar-refractivity contribution in [2.75, 3.05) is 24.7 Å². The average molecular weight is 357 g/mol. The number of likely N-dealkylation sites (tertiary alicyclic amines) is 1. The number of nitrogens with one attached hydrogen (secondary N) is 1. The second-order valence-corrected chi connectivity index (χ2v) is 7.42. The van der Waals surface area contributed by atoms with E-state index < -0.39 is 0 Å². The summed E-state index contributed by atoms with van der Waals surface area (Å²) in [6.45, 7) is 2.84. The van der Waals surface area contributed by atoms with E-state index in [-0.39, 0.29) is 5.91 Å². The van der Waals surface area contributed by atoms with E-state index in [0.717, 1.165) is 46.4 Å². The lowest BCUT2D eigenvalue weighted by molar-refractivity contribution is -0.113. The van der Waals surface area contributed by atoms with Crippen molar-refractivity contribution in [3.05, 3.63) is 65.9 Å². The van der Waals surface area contributed by atoms with Crippen molar-refractivity contribution in [2.24, 2.45) is 0 Å².